The summed E-state index contributed by atoms with van der Waals surface area (Å²) in [7, 11) is 0. The molecule has 1 atom stereocenters. The van der Waals surface area contributed by atoms with E-state index in [1.807, 2.05) is 25.1 Å². The number of nitrogens with zero attached hydrogens (tertiary/aromatic N) is 3. The van der Waals surface area contributed by atoms with Crippen LogP contribution in [0.1, 0.15) is 48.8 Å². The van der Waals surface area contributed by atoms with Crippen molar-refractivity contribution < 1.29 is 0 Å². The van der Waals surface area contributed by atoms with Crippen LogP contribution in [-0.4, -0.2) is 15.0 Å². The number of pyridine rings is 1. The Morgan fingerprint density at radius 2 is 2.00 bits per heavy atom. The summed E-state index contributed by atoms with van der Waals surface area (Å²) < 4.78 is 0. The van der Waals surface area contributed by atoms with Gasteiger partial charge in [0.25, 0.3) is 0 Å². The molecule has 21 heavy (non-hydrogen) atoms. The molecule has 2 aromatic rings. The molecule has 0 bridgehead atoms. The fourth-order valence-corrected chi connectivity index (χ4v) is 2.25. The Kier molecular flexibility index (Phi) is 3.70. The van der Waals surface area contributed by atoms with Gasteiger partial charge in [0.15, 0.2) is 0 Å². The molecule has 1 saturated carbocycles. The number of anilines is 2. The number of hydrogen-bond acceptors (Lipinski definition) is 6. The molecular weight excluding hydrogens is 264 g/mol. The lowest BCUT2D eigenvalue weighted by Crippen LogP contribution is -2.16. The van der Waals surface area contributed by atoms with Crippen LogP contribution < -0.4 is 16.6 Å². The molecule has 0 amide bonds. The fraction of sp³-hybridized carbons (Fsp3) is 0.400. The topological polar surface area (TPSA) is 88.8 Å². The fourth-order valence-electron chi connectivity index (χ4n) is 2.25. The number of rotatable bonds is 5. The second-order valence-corrected chi connectivity index (χ2v) is 5.44. The minimum atomic E-state index is 0.0671. The number of nitrogens with one attached hydrogen (secondary N) is 2. The van der Waals surface area contributed by atoms with Crippen molar-refractivity contribution in [3.8, 4) is 0 Å². The van der Waals surface area contributed by atoms with E-state index in [0.717, 1.165) is 35.7 Å². The molecule has 0 spiro atoms. The largest absolute Gasteiger partial charge is 0.362 e. The van der Waals surface area contributed by atoms with Gasteiger partial charge in [-0.3, -0.25) is 4.98 Å². The molecule has 1 aliphatic carbocycles. The van der Waals surface area contributed by atoms with E-state index in [0.29, 0.717) is 11.7 Å². The highest BCUT2D eigenvalue weighted by Crippen LogP contribution is 2.39. The minimum Gasteiger partial charge on any atom is -0.362 e. The smallest absolute Gasteiger partial charge is 0.148 e. The zero-order chi connectivity index (χ0) is 14.8. The number of hydrazine groups is 1. The van der Waals surface area contributed by atoms with Crippen LogP contribution in [0.4, 0.5) is 11.6 Å². The van der Waals surface area contributed by atoms with Gasteiger partial charge in [0.1, 0.15) is 17.5 Å². The molecule has 0 aliphatic heterocycles. The van der Waals surface area contributed by atoms with E-state index in [1.54, 1.807) is 6.20 Å². The van der Waals surface area contributed by atoms with Gasteiger partial charge in [0.2, 0.25) is 0 Å². The van der Waals surface area contributed by atoms with Crippen LogP contribution >= 0.6 is 0 Å². The molecule has 0 saturated heterocycles. The van der Waals surface area contributed by atoms with E-state index < -0.39 is 0 Å². The molecule has 0 radical (unpaired) electrons. The summed E-state index contributed by atoms with van der Waals surface area (Å²) >= 11 is 0. The molecular formula is C15H20N6. The second kappa shape index (κ2) is 5.65. The third-order valence-corrected chi connectivity index (χ3v) is 3.73. The lowest BCUT2D eigenvalue weighted by Gasteiger charge is -2.18. The summed E-state index contributed by atoms with van der Waals surface area (Å²) in [6.07, 6.45) is 4.10. The predicted octanol–water partition coefficient (Wildman–Crippen LogP) is 2.52. The van der Waals surface area contributed by atoms with E-state index in [2.05, 4.69) is 32.6 Å². The first-order chi connectivity index (χ1) is 10.2. The van der Waals surface area contributed by atoms with Crippen molar-refractivity contribution in [3.05, 3.63) is 41.5 Å². The van der Waals surface area contributed by atoms with Crippen molar-refractivity contribution in [2.75, 3.05) is 10.7 Å². The monoisotopic (exact) mass is 284 g/mol. The number of aromatic nitrogens is 3. The Bertz CT molecular complexity index is 624. The average molecular weight is 284 g/mol. The molecule has 4 N–H and O–H groups in total. The lowest BCUT2D eigenvalue weighted by molar-refractivity contribution is 0.817. The quantitative estimate of drug-likeness (QED) is 0.577. The SMILES string of the molecule is Cc1c(NN)nc(C2CC2)nc1NC(C)c1ccccn1. The van der Waals surface area contributed by atoms with Gasteiger partial charge in [-0.15, -0.1) is 0 Å². The highest BCUT2D eigenvalue weighted by Gasteiger charge is 2.28. The van der Waals surface area contributed by atoms with Crippen LogP contribution in [0.5, 0.6) is 0 Å². The van der Waals surface area contributed by atoms with Crippen molar-refractivity contribution in [2.45, 2.75) is 38.6 Å². The number of nitrogen functional groups attached to an aromatic ring is 1. The Labute approximate surface area is 124 Å². The first-order valence-corrected chi connectivity index (χ1v) is 7.21. The maximum absolute atomic E-state index is 5.57. The summed E-state index contributed by atoms with van der Waals surface area (Å²) in [5.74, 6) is 8.41. The highest BCUT2D eigenvalue weighted by atomic mass is 15.3. The second-order valence-electron chi connectivity index (χ2n) is 5.44. The third kappa shape index (κ3) is 2.95. The third-order valence-electron chi connectivity index (χ3n) is 3.73. The average Bonchev–Trinajstić information content (AvgIpc) is 3.35. The Hall–Kier alpha value is -2.21. The van der Waals surface area contributed by atoms with E-state index >= 15 is 0 Å². The van der Waals surface area contributed by atoms with E-state index in [9.17, 15) is 0 Å². The van der Waals surface area contributed by atoms with Crippen molar-refractivity contribution in [3.63, 3.8) is 0 Å². The van der Waals surface area contributed by atoms with Crippen molar-refractivity contribution in [2.24, 2.45) is 5.84 Å². The van der Waals surface area contributed by atoms with Gasteiger partial charge < -0.3 is 10.7 Å². The molecule has 110 valence electrons. The van der Waals surface area contributed by atoms with Gasteiger partial charge in [0.05, 0.1) is 11.7 Å². The van der Waals surface area contributed by atoms with E-state index in [-0.39, 0.29) is 6.04 Å². The minimum absolute atomic E-state index is 0.0671. The maximum atomic E-state index is 5.57. The highest BCUT2D eigenvalue weighted by molar-refractivity contribution is 5.57. The summed E-state index contributed by atoms with van der Waals surface area (Å²) in [5.41, 5.74) is 4.56. The van der Waals surface area contributed by atoms with Gasteiger partial charge in [0, 0.05) is 17.7 Å². The van der Waals surface area contributed by atoms with Gasteiger partial charge in [-0.05, 0) is 38.8 Å². The zero-order valence-electron chi connectivity index (χ0n) is 12.3. The van der Waals surface area contributed by atoms with Gasteiger partial charge in [-0.25, -0.2) is 15.8 Å². The molecule has 6 nitrogen and oxygen atoms in total. The van der Waals surface area contributed by atoms with Crippen molar-refractivity contribution >= 4 is 11.6 Å². The predicted molar refractivity (Wildman–Crippen MR) is 82.8 cm³/mol. The maximum Gasteiger partial charge on any atom is 0.148 e. The van der Waals surface area contributed by atoms with Crippen LogP contribution in [0.25, 0.3) is 0 Å². The lowest BCUT2D eigenvalue weighted by atomic mass is 10.2. The van der Waals surface area contributed by atoms with Crippen molar-refractivity contribution in [1.29, 1.82) is 0 Å². The molecule has 3 rings (SSSR count). The number of hydrogen-bond donors (Lipinski definition) is 3. The summed E-state index contributed by atoms with van der Waals surface area (Å²) in [4.78, 5) is 13.5. The molecule has 2 heterocycles. The van der Waals surface area contributed by atoms with Crippen LogP contribution in [0.2, 0.25) is 0 Å². The Morgan fingerprint density at radius 3 is 2.62 bits per heavy atom. The van der Waals surface area contributed by atoms with Gasteiger partial charge in [-0.2, -0.15) is 0 Å². The van der Waals surface area contributed by atoms with Gasteiger partial charge in [-0.1, -0.05) is 6.07 Å². The molecule has 1 fully saturated rings. The first kappa shape index (κ1) is 13.8. The van der Waals surface area contributed by atoms with Crippen LogP contribution in [0.3, 0.4) is 0 Å². The van der Waals surface area contributed by atoms with Crippen LogP contribution in [0, 0.1) is 6.92 Å². The molecule has 2 aromatic heterocycles. The van der Waals surface area contributed by atoms with Crippen molar-refractivity contribution in [1.82, 2.24) is 15.0 Å². The standard InChI is InChI=1S/C15H20N6/c1-9-13(18-10(2)12-5-3-4-8-17-12)19-15(11-6-7-11)20-14(9)21-16/h3-5,8,10-11H,6-7,16H2,1-2H3,(H2,18,19,20,21). The molecule has 1 aliphatic rings. The van der Waals surface area contributed by atoms with Crippen LogP contribution in [-0.2, 0) is 0 Å². The summed E-state index contributed by atoms with van der Waals surface area (Å²) in [6, 6.07) is 5.96. The Balaban J connectivity index is 1.88. The molecule has 0 aromatic carbocycles. The molecule has 1 unspecified atom stereocenters. The summed E-state index contributed by atoms with van der Waals surface area (Å²) in [6.45, 7) is 4.02. The molecule has 6 heteroatoms. The van der Waals surface area contributed by atoms with Crippen LogP contribution in [0.15, 0.2) is 24.4 Å². The Morgan fingerprint density at radius 1 is 1.24 bits per heavy atom. The first-order valence-electron chi connectivity index (χ1n) is 7.21. The normalized spacial score (nSPS) is 15.6. The summed E-state index contributed by atoms with van der Waals surface area (Å²) in [5, 5.41) is 3.42. The van der Waals surface area contributed by atoms with Gasteiger partial charge >= 0.3 is 0 Å². The zero-order valence-corrected chi connectivity index (χ0v) is 12.3. The number of nitrogens with two attached hydrogens (primary N) is 1. The van der Waals surface area contributed by atoms with E-state index in [4.69, 9.17) is 5.84 Å². The van der Waals surface area contributed by atoms with E-state index in [1.165, 1.54) is 0 Å².